The summed E-state index contributed by atoms with van der Waals surface area (Å²) in [6.45, 7) is 5.90. The smallest absolute Gasteiger partial charge is 0.158 e. The van der Waals surface area contributed by atoms with Gasteiger partial charge in [-0.1, -0.05) is 26.0 Å². The quantitative estimate of drug-likeness (QED) is 0.802. The fourth-order valence-corrected chi connectivity index (χ4v) is 3.10. The molecule has 0 amide bonds. The lowest BCUT2D eigenvalue weighted by molar-refractivity contribution is 0.280. The van der Waals surface area contributed by atoms with Crippen molar-refractivity contribution >= 4 is 11.0 Å². The maximum absolute atomic E-state index is 13.3. The molecule has 0 aliphatic rings. The fraction of sp³-hybridized carbons (Fsp3) is 0.333. The van der Waals surface area contributed by atoms with Crippen molar-refractivity contribution in [1.82, 2.24) is 14.8 Å². The van der Waals surface area contributed by atoms with Crippen molar-refractivity contribution in [2.75, 3.05) is 0 Å². The van der Waals surface area contributed by atoms with Crippen LogP contribution >= 0.6 is 0 Å². The summed E-state index contributed by atoms with van der Waals surface area (Å²) in [5.41, 5.74) is 5.02. The van der Waals surface area contributed by atoms with Crippen LogP contribution in [0.1, 0.15) is 36.7 Å². The number of fused-ring (bicyclic) bond motifs is 1. The second-order valence-electron chi connectivity index (χ2n) is 6.08. The molecule has 1 N–H and O–H groups in total. The lowest BCUT2D eigenvalue weighted by atomic mass is 9.92. The summed E-state index contributed by atoms with van der Waals surface area (Å²) in [5, 5.41) is 15.4. The molecule has 2 heterocycles. The average Bonchev–Trinajstić information content (AvgIpc) is 2.80. The first-order valence-electron chi connectivity index (χ1n) is 7.67. The highest BCUT2D eigenvalue weighted by Crippen LogP contribution is 2.37. The largest absolute Gasteiger partial charge is 0.392 e. The van der Waals surface area contributed by atoms with Crippen molar-refractivity contribution in [3.8, 4) is 11.1 Å². The van der Waals surface area contributed by atoms with Crippen LogP contribution in [-0.2, 0) is 13.7 Å². The summed E-state index contributed by atoms with van der Waals surface area (Å²) in [6, 6.07) is 6.34. The van der Waals surface area contributed by atoms with Crippen LogP contribution in [0.5, 0.6) is 0 Å². The molecular weight excluding hydrogens is 293 g/mol. The third-order valence-corrected chi connectivity index (χ3v) is 4.12. The van der Waals surface area contributed by atoms with Gasteiger partial charge in [-0.3, -0.25) is 4.68 Å². The molecule has 3 aromatic rings. The Hall–Kier alpha value is -2.27. The number of nitrogens with zero attached hydrogens (tertiary/aromatic N) is 3. The van der Waals surface area contributed by atoms with Gasteiger partial charge in [0.2, 0.25) is 0 Å². The predicted molar refractivity (Wildman–Crippen MR) is 88.7 cm³/mol. The summed E-state index contributed by atoms with van der Waals surface area (Å²) in [7, 11) is 1.86. The minimum Gasteiger partial charge on any atom is -0.392 e. The molecule has 0 bridgehead atoms. The second kappa shape index (κ2) is 5.74. The number of aromatic nitrogens is 3. The Morgan fingerprint density at radius 1 is 1.22 bits per heavy atom. The maximum Gasteiger partial charge on any atom is 0.158 e. The fourth-order valence-electron chi connectivity index (χ4n) is 3.10. The Labute approximate surface area is 134 Å². The molecule has 2 aromatic heterocycles. The SMILES string of the molecule is Cc1nn(C)c2nc(C(C)C)c(CO)c(-c3ccc(F)cc3)c12. The van der Waals surface area contributed by atoms with Gasteiger partial charge in [-0.15, -0.1) is 0 Å². The number of pyridine rings is 1. The van der Waals surface area contributed by atoms with E-state index >= 15 is 0 Å². The van der Waals surface area contributed by atoms with E-state index in [4.69, 9.17) is 4.98 Å². The van der Waals surface area contributed by atoms with Crippen molar-refractivity contribution in [3.05, 3.63) is 47.0 Å². The number of hydrogen-bond acceptors (Lipinski definition) is 3. The third-order valence-electron chi connectivity index (χ3n) is 4.12. The molecule has 0 saturated carbocycles. The van der Waals surface area contributed by atoms with Crippen LogP contribution in [0.2, 0.25) is 0 Å². The second-order valence-corrected chi connectivity index (χ2v) is 6.08. The first-order chi connectivity index (χ1) is 10.9. The Morgan fingerprint density at radius 3 is 2.43 bits per heavy atom. The maximum atomic E-state index is 13.3. The van der Waals surface area contributed by atoms with Crippen LogP contribution in [0.15, 0.2) is 24.3 Å². The van der Waals surface area contributed by atoms with Crippen LogP contribution in [0.3, 0.4) is 0 Å². The monoisotopic (exact) mass is 313 g/mol. The van der Waals surface area contributed by atoms with Gasteiger partial charge in [0.15, 0.2) is 5.65 Å². The third kappa shape index (κ3) is 2.51. The van der Waals surface area contributed by atoms with Crippen molar-refractivity contribution in [1.29, 1.82) is 0 Å². The van der Waals surface area contributed by atoms with E-state index in [0.717, 1.165) is 39.1 Å². The molecule has 1 aromatic carbocycles. The van der Waals surface area contributed by atoms with E-state index < -0.39 is 0 Å². The van der Waals surface area contributed by atoms with Crippen LogP contribution in [0.25, 0.3) is 22.2 Å². The van der Waals surface area contributed by atoms with Crippen LogP contribution in [-0.4, -0.2) is 19.9 Å². The number of aliphatic hydroxyl groups is 1. The Kier molecular flexibility index (Phi) is 3.90. The topological polar surface area (TPSA) is 50.9 Å². The normalized spacial score (nSPS) is 11.6. The Morgan fingerprint density at radius 2 is 1.87 bits per heavy atom. The molecule has 0 aliphatic heterocycles. The molecule has 0 unspecified atom stereocenters. The number of aliphatic hydroxyl groups excluding tert-OH is 1. The summed E-state index contributed by atoms with van der Waals surface area (Å²) >= 11 is 0. The molecule has 120 valence electrons. The van der Waals surface area contributed by atoms with Gasteiger partial charge >= 0.3 is 0 Å². The minimum atomic E-state index is -0.281. The van der Waals surface area contributed by atoms with E-state index in [1.165, 1.54) is 12.1 Å². The van der Waals surface area contributed by atoms with E-state index in [1.54, 1.807) is 16.8 Å². The number of benzene rings is 1. The van der Waals surface area contributed by atoms with Gasteiger partial charge in [-0.2, -0.15) is 5.10 Å². The van der Waals surface area contributed by atoms with Gasteiger partial charge in [0.05, 0.1) is 23.4 Å². The number of hydrogen-bond donors (Lipinski definition) is 1. The zero-order valence-electron chi connectivity index (χ0n) is 13.8. The van der Waals surface area contributed by atoms with E-state index in [9.17, 15) is 9.50 Å². The highest BCUT2D eigenvalue weighted by atomic mass is 19.1. The molecule has 5 heteroatoms. The van der Waals surface area contributed by atoms with Gasteiger partial charge < -0.3 is 5.11 Å². The lowest BCUT2D eigenvalue weighted by Gasteiger charge is -2.17. The van der Waals surface area contributed by atoms with Crippen LogP contribution < -0.4 is 0 Å². The summed E-state index contributed by atoms with van der Waals surface area (Å²) in [4.78, 5) is 4.74. The zero-order valence-corrected chi connectivity index (χ0v) is 13.8. The summed E-state index contributed by atoms with van der Waals surface area (Å²) in [5.74, 6) is -0.118. The average molecular weight is 313 g/mol. The zero-order chi connectivity index (χ0) is 16.7. The summed E-state index contributed by atoms with van der Waals surface area (Å²) < 4.78 is 15.1. The first kappa shape index (κ1) is 15.6. The molecule has 0 spiro atoms. The summed E-state index contributed by atoms with van der Waals surface area (Å²) in [6.07, 6.45) is 0. The number of rotatable bonds is 3. The highest BCUT2D eigenvalue weighted by Gasteiger charge is 2.21. The van der Waals surface area contributed by atoms with E-state index in [-0.39, 0.29) is 18.3 Å². The first-order valence-corrected chi connectivity index (χ1v) is 7.67. The van der Waals surface area contributed by atoms with E-state index in [2.05, 4.69) is 5.10 Å². The van der Waals surface area contributed by atoms with E-state index in [1.807, 2.05) is 27.8 Å². The van der Waals surface area contributed by atoms with Gasteiger partial charge in [0, 0.05) is 18.2 Å². The lowest BCUT2D eigenvalue weighted by Crippen LogP contribution is -2.05. The van der Waals surface area contributed by atoms with Crippen LogP contribution in [0, 0.1) is 12.7 Å². The molecule has 0 atom stereocenters. The Bertz CT molecular complexity index is 866. The molecule has 23 heavy (non-hydrogen) atoms. The Balaban J connectivity index is 2.47. The number of halogens is 1. The molecule has 0 saturated heterocycles. The van der Waals surface area contributed by atoms with Gasteiger partial charge in [-0.05, 0) is 30.5 Å². The van der Waals surface area contributed by atoms with Crippen molar-refractivity contribution in [3.63, 3.8) is 0 Å². The molecule has 0 aliphatic carbocycles. The van der Waals surface area contributed by atoms with Crippen molar-refractivity contribution in [2.24, 2.45) is 7.05 Å². The number of aryl methyl sites for hydroxylation is 2. The van der Waals surface area contributed by atoms with Gasteiger partial charge in [0.1, 0.15) is 5.82 Å². The highest BCUT2D eigenvalue weighted by molar-refractivity contribution is 5.97. The molecule has 3 rings (SSSR count). The van der Waals surface area contributed by atoms with Crippen molar-refractivity contribution < 1.29 is 9.50 Å². The minimum absolute atomic E-state index is 0.114. The molecule has 0 radical (unpaired) electrons. The van der Waals surface area contributed by atoms with Gasteiger partial charge in [0.25, 0.3) is 0 Å². The van der Waals surface area contributed by atoms with E-state index in [0.29, 0.717) is 0 Å². The molecular formula is C18H20FN3O. The van der Waals surface area contributed by atoms with Crippen LogP contribution in [0.4, 0.5) is 4.39 Å². The molecule has 4 nitrogen and oxygen atoms in total. The standard InChI is InChI=1S/C18H20FN3O/c1-10(2)17-14(9-23)16(12-5-7-13(19)8-6-12)15-11(3)21-22(4)18(15)20-17/h5-8,10,23H,9H2,1-4H3. The van der Waals surface area contributed by atoms with Gasteiger partial charge in [-0.25, -0.2) is 9.37 Å². The molecule has 0 fully saturated rings. The van der Waals surface area contributed by atoms with Crippen molar-refractivity contribution in [2.45, 2.75) is 33.3 Å². The predicted octanol–water partition coefficient (Wildman–Crippen LogP) is 3.70.